The topological polar surface area (TPSA) is 86.8 Å². The van der Waals surface area contributed by atoms with Crippen LogP contribution in [0.2, 0.25) is 0 Å². The van der Waals surface area contributed by atoms with Crippen molar-refractivity contribution in [1.29, 1.82) is 0 Å². The van der Waals surface area contributed by atoms with E-state index >= 15 is 0 Å². The summed E-state index contributed by atoms with van der Waals surface area (Å²) in [6.45, 7) is 5.13. The van der Waals surface area contributed by atoms with Gasteiger partial charge in [0.2, 0.25) is 11.8 Å². The molecule has 1 atom stereocenters. The van der Waals surface area contributed by atoms with E-state index in [4.69, 9.17) is 0 Å². The molecule has 1 fully saturated rings. The maximum atomic E-state index is 14.1. The van der Waals surface area contributed by atoms with E-state index in [-0.39, 0.29) is 23.4 Å². The molecule has 7 nitrogen and oxygen atoms in total. The lowest BCUT2D eigenvalue weighted by Crippen LogP contribution is -2.53. The van der Waals surface area contributed by atoms with Gasteiger partial charge in [-0.1, -0.05) is 83.2 Å². The number of aryl methyl sites for hydroxylation is 2. The largest absolute Gasteiger partial charge is 0.352 e. The molecule has 0 bridgehead atoms. The monoisotopic (exact) mass is 639 g/mol. The number of nitrogens with zero attached hydrogens (tertiary/aromatic N) is 2. The fraction of sp³-hybridized carbons (Fsp3) is 0.375. The van der Waals surface area contributed by atoms with Gasteiger partial charge in [0.25, 0.3) is 10.0 Å². The molecule has 218 valence electrons. The molecule has 3 aromatic rings. The molecule has 0 unspecified atom stereocenters. The highest BCUT2D eigenvalue weighted by Gasteiger charge is 2.33. The molecule has 3 aromatic carbocycles. The summed E-state index contributed by atoms with van der Waals surface area (Å²) in [6.07, 6.45) is 5.16. The zero-order valence-corrected chi connectivity index (χ0v) is 26.2. The van der Waals surface area contributed by atoms with Crippen LogP contribution in [0.4, 0.5) is 5.69 Å². The Balaban J connectivity index is 1.68. The Labute approximate surface area is 252 Å². The maximum absolute atomic E-state index is 14.1. The van der Waals surface area contributed by atoms with E-state index in [0.717, 1.165) is 51.2 Å². The standard InChI is InChI=1S/C32H38BrN3O4S/c1-23-13-19-29(20-14-23)41(39,40)36(30-12-8-7-9-24(30)2)22-31(37)35(21-26-15-17-27(33)18-16-26)25(3)32(38)34-28-10-5-4-6-11-28/h7-9,12-20,25,28H,4-6,10-11,21-22H2,1-3H3,(H,34,38)/t25-/m1/s1. The summed E-state index contributed by atoms with van der Waals surface area (Å²) in [5.74, 6) is -0.690. The Kier molecular flexibility index (Phi) is 10.3. The van der Waals surface area contributed by atoms with Crippen LogP contribution in [0.3, 0.4) is 0 Å². The van der Waals surface area contributed by atoms with E-state index in [0.29, 0.717) is 5.69 Å². The molecular weight excluding hydrogens is 602 g/mol. The molecule has 0 aromatic heterocycles. The third-order valence-electron chi connectivity index (χ3n) is 7.66. The number of carbonyl (C=O) groups is 2. The number of benzene rings is 3. The van der Waals surface area contributed by atoms with E-state index in [1.54, 1.807) is 43.3 Å². The van der Waals surface area contributed by atoms with Gasteiger partial charge in [0.05, 0.1) is 10.6 Å². The second-order valence-corrected chi connectivity index (χ2v) is 13.6. The first kappa shape index (κ1) is 30.8. The van der Waals surface area contributed by atoms with E-state index in [1.807, 2.05) is 50.2 Å². The van der Waals surface area contributed by atoms with Gasteiger partial charge in [0.15, 0.2) is 0 Å². The smallest absolute Gasteiger partial charge is 0.264 e. The lowest BCUT2D eigenvalue weighted by atomic mass is 9.95. The van der Waals surface area contributed by atoms with Crippen molar-refractivity contribution in [3.05, 3.63) is 94.0 Å². The summed E-state index contributed by atoms with van der Waals surface area (Å²) in [4.78, 5) is 29.1. The molecule has 1 aliphatic carbocycles. The average Bonchev–Trinajstić information content (AvgIpc) is 2.96. The van der Waals surface area contributed by atoms with Crippen molar-refractivity contribution in [3.8, 4) is 0 Å². The molecule has 9 heteroatoms. The van der Waals surface area contributed by atoms with Gasteiger partial charge in [-0.3, -0.25) is 13.9 Å². The molecule has 41 heavy (non-hydrogen) atoms. The fourth-order valence-electron chi connectivity index (χ4n) is 5.13. The Morgan fingerprint density at radius 1 is 0.927 bits per heavy atom. The van der Waals surface area contributed by atoms with Crippen LogP contribution in [0.25, 0.3) is 0 Å². The van der Waals surface area contributed by atoms with Crippen molar-refractivity contribution in [2.75, 3.05) is 10.8 Å². The van der Waals surface area contributed by atoms with Gasteiger partial charge < -0.3 is 10.2 Å². The fourth-order valence-corrected chi connectivity index (χ4v) is 6.87. The number of hydrogen-bond donors (Lipinski definition) is 1. The van der Waals surface area contributed by atoms with E-state index < -0.39 is 28.5 Å². The molecule has 0 radical (unpaired) electrons. The van der Waals surface area contributed by atoms with Crippen LogP contribution >= 0.6 is 15.9 Å². The zero-order valence-electron chi connectivity index (χ0n) is 23.8. The highest BCUT2D eigenvalue weighted by atomic mass is 79.9. The van der Waals surface area contributed by atoms with E-state index in [2.05, 4.69) is 21.2 Å². The van der Waals surface area contributed by atoms with Crippen molar-refractivity contribution in [2.24, 2.45) is 0 Å². The number of carbonyl (C=O) groups excluding carboxylic acids is 2. The second kappa shape index (κ2) is 13.7. The van der Waals surface area contributed by atoms with Gasteiger partial charge in [0.1, 0.15) is 12.6 Å². The average molecular weight is 641 g/mol. The number of para-hydroxylation sites is 1. The van der Waals surface area contributed by atoms with Gasteiger partial charge in [-0.25, -0.2) is 8.42 Å². The third-order valence-corrected chi connectivity index (χ3v) is 9.96. The molecule has 4 rings (SSSR count). The highest BCUT2D eigenvalue weighted by molar-refractivity contribution is 9.10. The molecule has 2 amide bonds. The van der Waals surface area contributed by atoms with Gasteiger partial charge in [-0.15, -0.1) is 0 Å². The number of rotatable bonds is 10. The molecule has 0 saturated heterocycles. The number of hydrogen-bond acceptors (Lipinski definition) is 4. The normalized spacial score (nSPS) is 14.7. The Morgan fingerprint density at radius 2 is 1.56 bits per heavy atom. The summed E-state index contributed by atoms with van der Waals surface area (Å²) < 4.78 is 30.0. The van der Waals surface area contributed by atoms with Crippen molar-refractivity contribution in [1.82, 2.24) is 10.2 Å². The summed E-state index contributed by atoms with van der Waals surface area (Å²) >= 11 is 3.44. The summed E-state index contributed by atoms with van der Waals surface area (Å²) in [5, 5.41) is 3.13. The van der Waals surface area contributed by atoms with Crippen molar-refractivity contribution >= 4 is 43.5 Å². The lowest BCUT2D eigenvalue weighted by Gasteiger charge is -2.33. The first-order chi connectivity index (χ1) is 19.6. The molecule has 0 spiro atoms. The van der Waals surface area contributed by atoms with Gasteiger partial charge in [0, 0.05) is 17.1 Å². The quantitative estimate of drug-likeness (QED) is 0.289. The summed E-state index contributed by atoms with van der Waals surface area (Å²) in [7, 11) is -4.09. The van der Waals surface area contributed by atoms with Gasteiger partial charge in [-0.2, -0.15) is 0 Å². The van der Waals surface area contributed by atoms with Crippen molar-refractivity contribution in [2.45, 2.75) is 76.4 Å². The molecule has 1 N–H and O–H groups in total. The van der Waals surface area contributed by atoms with Crippen LogP contribution in [0.15, 0.2) is 82.2 Å². The summed E-state index contributed by atoms with van der Waals surface area (Å²) in [6, 6.07) is 20.5. The number of halogens is 1. The minimum absolute atomic E-state index is 0.0914. The first-order valence-electron chi connectivity index (χ1n) is 14.1. The van der Waals surface area contributed by atoms with Crippen LogP contribution in [0.5, 0.6) is 0 Å². The third kappa shape index (κ3) is 7.77. The highest BCUT2D eigenvalue weighted by Crippen LogP contribution is 2.28. The number of amides is 2. The number of nitrogens with one attached hydrogen (secondary N) is 1. The van der Waals surface area contributed by atoms with Crippen LogP contribution in [0, 0.1) is 13.8 Å². The van der Waals surface area contributed by atoms with Crippen molar-refractivity contribution < 1.29 is 18.0 Å². The van der Waals surface area contributed by atoms with Gasteiger partial charge in [-0.05, 0) is 75.1 Å². The first-order valence-corrected chi connectivity index (χ1v) is 16.3. The van der Waals surface area contributed by atoms with Crippen LogP contribution in [-0.4, -0.2) is 43.8 Å². The molecule has 0 heterocycles. The molecule has 1 aliphatic rings. The van der Waals surface area contributed by atoms with E-state index in [1.165, 1.54) is 11.3 Å². The Bertz CT molecular complexity index is 1450. The lowest BCUT2D eigenvalue weighted by molar-refractivity contribution is -0.139. The minimum atomic E-state index is -4.09. The van der Waals surface area contributed by atoms with Crippen LogP contribution < -0.4 is 9.62 Å². The predicted octanol–water partition coefficient (Wildman–Crippen LogP) is 6.13. The molecule has 0 aliphatic heterocycles. The van der Waals surface area contributed by atoms with E-state index in [9.17, 15) is 18.0 Å². The Hall–Kier alpha value is -3.17. The predicted molar refractivity (Wildman–Crippen MR) is 166 cm³/mol. The second-order valence-electron chi connectivity index (χ2n) is 10.8. The molecular formula is C32H38BrN3O4S. The summed E-state index contributed by atoms with van der Waals surface area (Å²) in [5.41, 5.74) is 2.91. The maximum Gasteiger partial charge on any atom is 0.264 e. The van der Waals surface area contributed by atoms with Gasteiger partial charge >= 0.3 is 0 Å². The Morgan fingerprint density at radius 3 is 2.20 bits per heavy atom. The minimum Gasteiger partial charge on any atom is -0.352 e. The van der Waals surface area contributed by atoms with Crippen LogP contribution in [-0.2, 0) is 26.2 Å². The molecule has 1 saturated carbocycles. The van der Waals surface area contributed by atoms with Crippen molar-refractivity contribution in [3.63, 3.8) is 0 Å². The zero-order chi connectivity index (χ0) is 29.6. The number of sulfonamides is 1. The van der Waals surface area contributed by atoms with Crippen LogP contribution in [0.1, 0.15) is 55.7 Å². The number of anilines is 1. The SMILES string of the molecule is Cc1ccc(S(=O)(=O)N(CC(=O)N(Cc2ccc(Br)cc2)[C@H](C)C(=O)NC2CCCCC2)c2ccccc2C)cc1.